The summed E-state index contributed by atoms with van der Waals surface area (Å²) < 4.78 is 34.1. The number of aromatic nitrogens is 4. The van der Waals surface area contributed by atoms with Gasteiger partial charge in [-0.1, -0.05) is 5.16 Å². The maximum absolute atomic E-state index is 12.7. The number of carbonyl (C=O) groups excluding carboxylic acids is 1. The minimum Gasteiger partial charge on any atom is -0.337 e. The van der Waals surface area contributed by atoms with E-state index < -0.39 is 15.9 Å². The Hall–Kier alpha value is -2.73. The van der Waals surface area contributed by atoms with E-state index in [4.69, 9.17) is 4.52 Å². The van der Waals surface area contributed by atoms with Crippen molar-refractivity contribution in [1.82, 2.24) is 24.8 Å². The van der Waals surface area contributed by atoms with Crippen molar-refractivity contribution in [2.24, 2.45) is 7.05 Å². The number of nitrogens with one attached hydrogen (secondary N) is 1. The first-order chi connectivity index (χ1) is 12.3. The molecule has 0 aliphatic carbocycles. The molecule has 1 amide bonds. The smallest absolute Gasteiger partial charge is 0.265 e. The number of hydrogen-bond acceptors (Lipinski definition) is 8. The van der Waals surface area contributed by atoms with E-state index in [1.807, 2.05) is 0 Å². The fraction of sp³-hybridized carbons (Fsp3) is 0.286. The molecule has 138 valence electrons. The van der Waals surface area contributed by atoms with Crippen LogP contribution in [-0.4, -0.2) is 46.2 Å². The molecule has 1 N–H and O–H groups in total. The monoisotopic (exact) mass is 396 g/mol. The number of carbonyl (C=O) groups is 1. The van der Waals surface area contributed by atoms with E-state index in [2.05, 4.69) is 20.0 Å². The van der Waals surface area contributed by atoms with Crippen LogP contribution in [0.4, 0.5) is 5.69 Å². The summed E-state index contributed by atoms with van der Waals surface area (Å²) in [7, 11) is -0.720. The Labute approximate surface area is 153 Å². The summed E-state index contributed by atoms with van der Waals surface area (Å²) in [5.74, 6) is 0.274. The predicted octanol–water partition coefficient (Wildman–Crippen LogP) is 1.25. The largest absolute Gasteiger partial charge is 0.337 e. The van der Waals surface area contributed by atoms with E-state index in [1.165, 1.54) is 35.1 Å². The Kier molecular flexibility index (Phi) is 4.78. The third kappa shape index (κ3) is 3.75. The molecule has 0 aromatic carbocycles. The molecule has 3 heterocycles. The topological polar surface area (TPSA) is 123 Å². The quantitative estimate of drug-likeness (QED) is 0.665. The molecule has 0 atom stereocenters. The normalized spacial score (nSPS) is 11.5. The number of thiophene rings is 1. The molecule has 3 aromatic rings. The van der Waals surface area contributed by atoms with Crippen LogP contribution in [0.1, 0.15) is 21.4 Å². The molecule has 3 rings (SSSR count). The Morgan fingerprint density at radius 3 is 2.85 bits per heavy atom. The zero-order valence-electron chi connectivity index (χ0n) is 14.2. The highest BCUT2D eigenvalue weighted by Crippen LogP contribution is 2.25. The first-order valence-corrected chi connectivity index (χ1v) is 9.76. The Bertz CT molecular complexity index is 1040. The predicted molar refractivity (Wildman–Crippen MR) is 93.2 cm³/mol. The van der Waals surface area contributed by atoms with Gasteiger partial charge in [-0.25, -0.2) is 8.42 Å². The van der Waals surface area contributed by atoms with Crippen LogP contribution < -0.4 is 4.72 Å². The highest BCUT2D eigenvalue weighted by atomic mass is 32.2. The second kappa shape index (κ2) is 6.88. The van der Waals surface area contributed by atoms with Crippen LogP contribution >= 0.6 is 11.3 Å². The van der Waals surface area contributed by atoms with Crippen LogP contribution in [0.5, 0.6) is 0 Å². The number of aryl methyl sites for hydroxylation is 2. The summed E-state index contributed by atoms with van der Waals surface area (Å²) in [6, 6.07) is 1.39. The fourth-order valence-electron chi connectivity index (χ4n) is 2.20. The van der Waals surface area contributed by atoms with Crippen molar-refractivity contribution >= 4 is 33.0 Å². The molecule has 0 fully saturated rings. The maximum atomic E-state index is 12.7. The van der Waals surface area contributed by atoms with E-state index in [0.29, 0.717) is 11.5 Å². The van der Waals surface area contributed by atoms with Crippen molar-refractivity contribution < 1.29 is 17.7 Å². The van der Waals surface area contributed by atoms with Crippen molar-refractivity contribution in [1.29, 1.82) is 0 Å². The molecule has 0 saturated carbocycles. The molecule has 10 nitrogen and oxygen atoms in total. The summed E-state index contributed by atoms with van der Waals surface area (Å²) in [5.41, 5.74) is 0.312. The molecule has 0 aliphatic rings. The van der Waals surface area contributed by atoms with Gasteiger partial charge in [-0.2, -0.15) is 10.1 Å². The fourth-order valence-corrected chi connectivity index (χ4v) is 4.65. The average molecular weight is 396 g/mol. The zero-order chi connectivity index (χ0) is 18.9. The van der Waals surface area contributed by atoms with Crippen LogP contribution in [0.3, 0.4) is 0 Å². The van der Waals surface area contributed by atoms with Crippen LogP contribution in [-0.2, 0) is 23.6 Å². The third-order valence-electron chi connectivity index (χ3n) is 3.36. The van der Waals surface area contributed by atoms with E-state index in [9.17, 15) is 13.2 Å². The molecule has 3 aromatic heterocycles. The first kappa shape index (κ1) is 18.1. The van der Waals surface area contributed by atoms with Gasteiger partial charge in [-0.15, -0.1) is 11.3 Å². The molecule has 0 saturated heterocycles. The van der Waals surface area contributed by atoms with Gasteiger partial charge in [-0.05, 0) is 18.4 Å². The van der Waals surface area contributed by atoms with Gasteiger partial charge in [-0.3, -0.25) is 14.2 Å². The molecule has 0 spiro atoms. The van der Waals surface area contributed by atoms with Crippen LogP contribution in [0.25, 0.3) is 0 Å². The van der Waals surface area contributed by atoms with Crippen LogP contribution in [0.2, 0.25) is 0 Å². The lowest BCUT2D eigenvalue weighted by atomic mass is 10.4. The number of hydrogen-bond donors (Lipinski definition) is 1. The van der Waals surface area contributed by atoms with Crippen molar-refractivity contribution in [3.63, 3.8) is 0 Å². The van der Waals surface area contributed by atoms with E-state index in [1.54, 1.807) is 19.4 Å². The number of anilines is 1. The van der Waals surface area contributed by atoms with Gasteiger partial charge >= 0.3 is 0 Å². The molecular formula is C14H16N6O4S2. The van der Waals surface area contributed by atoms with Crippen molar-refractivity contribution in [2.45, 2.75) is 18.4 Å². The SMILES string of the molecule is Cc1noc(CN(C)C(=O)c2sccc2S(=O)(=O)Nc2cnn(C)c2)n1. The highest BCUT2D eigenvalue weighted by Gasteiger charge is 2.27. The van der Waals surface area contributed by atoms with Gasteiger partial charge in [0.25, 0.3) is 15.9 Å². The maximum Gasteiger partial charge on any atom is 0.265 e. The second-order valence-electron chi connectivity index (χ2n) is 5.52. The van der Waals surface area contributed by atoms with Gasteiger partial charge in [0, 0.05) is 20.3 Å². The number of sulfonamides is 1. The number of rotatable bonds is 6. The summed E-state index contributed by atoms with van der Waals surface area (Å²) in [6.07, 6.45) is 2.91. The number of amides is 1. The summed E-state index contributed by atoms with van der Waals surface area (Å²) in [4.78, 5) is 18.0. The van der Waals surface area contributed by atoms with Crippen LogP contribution in [0, 0.1) is 6.92 Å². The average Bonchev–Trinajstić information content (AvgIpc) is 3.28. The minimum absolute atomic E-state index is 0.0765. The van der Waals surface area contributed by atoms with Gasteiger partial charge in [0.2, 0.25) is 5.89 Å². The summed E-state index contributed by atoms with van der Waals surface area (Å²) in [6.45, 7) is 1.75. The van der Waals surface area contributed by atoms with Crippen molar-refractivity contribution in [2.75, 3.05) is 11.8 Å². The second-order valence-corrected chi connectivity index (χ2v) is 8.09. The van der Waals surface area contributed by atoms with Gasteiger partial charge < -0.3 is 9.42 Å². The lowest BCUT2D eigenvalue weighted by Crippen LogP contribution is -2.27. The third-order valence-corrected chi connectivity index (χ3v) is 5.81. The minimum atomic E-state index is -3.93. The molecule has 26 heavy (non-hydrogen) atoms. The standard InChI is InChI=1S/C14H16N6O4S2/c1-9-16-12(24-17-9)8-19(2)14(21)13-11(4-5-25-13)26(22,23)18-10-6-15-20(3)7-10/h4-7,18H,8H2,1-3H3. The van der Waals surface area contributed by atoms with Crippen molar-refractivity contribution in [3.8, 4) is 0 Å². The van der Waals surface area contributed by atoms with E-state index in [-0.39, 0.29) is 22.2 Å². The van der Waals surface area contributed by atoms with Gasteiger partial charge in [0.15, 0.2) is 5.82 Å². The van der Waals surface area contributed by atoms with Crippen molar-refractivity contribution in [3.05, 3.63) is 40.4 Å². The van der Waals surface area contributed by atoms with Gasteiger partial charge in [0.05, 0.1) is 11.9 Å². The van der Waals surface area contributed by atoms with E-state index in [0.717, 1.165) is 11.3 Å². The lowest BCUT2D eigenvalue weighted by Gasteiger charge is -2.15. The Morgan fingerprint density at radius 1 is 1.46 bits per heavy atom. The lowest BCUT2D eigenvalue weighted by molar-refractivity contribution is 0.0771. The molecular weight excluding hydrogens is 380 g/mol. The number of nitrogens with zero attached hydrogens (tertiary/aromatic N) is 5. The Morgan fingerprint density at radius 2 is 2.23 bits per heavy atom. The summed E-state index contributed by atoms with van der Waals surface area (Å²) in [5, 5.41) is 9.12. The molecule has 0 bridgehead atoms. The van der Waals surface area contributed by atoms with E-state index >= 15 is 0 Å². The molecule has 12 heteroatoms. The highest BCUT2D eigenvalue weighted by molar-refractivity contribution is 7.93. The molecule has 0 unspecified atom stereocenters. The molecule has 0 radical (unpaired) electrons. The van der Waals surface area contributed by atoms with Crippen LogP contribution in [0.15, 0.2) is 33.3 Å². The summed E-state index contributed by atoms with van der Waals surface area (Å²) >= 11 is 1.05. The zero-order valence-corrected chi connectivity index (χ0v) is 15.8. The Balaban J connectivity index is 1.81. The molecule has 0 aliphatic heterocycles. The van der Waals surface area contributed by atoms with Gasteiger partial charge in [0.1, 0.15) is 16.3 Å². The first-order valence-electron chi connectivity index (χ1n) is 7.40.